The minimum absolute atomic E-state index is 0.0737. The van der Waals surface area contributed by atoms with Gasteiger partial charge in [-0.25, -0.2) is 0 Å². The lowest BCUT2D eigenvalue weighted by molar-refractivity contribution is -0.151. The second-order valence-electron chi connectivity index (χ2n) is 4.35. The summed E-state index contributed by atoms with van der Waals surface area (Å²) in [6.07, 6.45) is -4.11. The standard InChI is InChI=1S/C13H18F3N/c1-9-4-5-10(2)11(8-9)12(6-7-17-3)13(14,15)16/h4-5,8,12,17H,6-7H2,1-3H3. The Bertz CT molecular complexity index is 371. The molecule has 0 aliphatic rings. The molecule has 96 valence electrons. The van der Waals surface area contributed by atoms with Crippen LogP contribution in [0.2, 0.25) is 0 Å². The lowest BCUT2D eigenvalue weighted by atomic mass is 9.90. The number of rotatable bonds is 4. The smallest absolute Gasteiger partial charge is 0.320 e. The van der Waals surface area contributed by atoms with Gasteiger partial charge in [0.25, 0.3) is 0 Å². The van der Waals surface area contributed by atoms with Crippen LogP contribution < -0.4 is 5.32 Å². The number of alkyl halides is 3. The van der Waals surface area contributed by atoms with E-state index in [4.69, 9.17) is 0 Å². The summed E-state index contributed by atoms with van der Waals surface area (Å²) < 4.78 is 39.0. The number of hydrogen-bond donors (Lipinski definition) is 1. The maximum Gasteiger partial charge on any atom is 0.395 e. The third kappa shape index (κ3) is 3.73. The van der Waals surface area contributed by atoms with E-state index in [9.17, 15) is 13.2 Å². The normalized spacial score (nSPS) is 13.8. The summed E-state index contributed by atoms with van der Waals surface area (Å²) in [7, 11) is 1.66. The quantitative estimate of drug-likeness (QED) is 0.855. The molecule has 4 heteroatoms. The lowest BCUT2D eigenvalue weighted by Gasteiger charge is -2.22. The highest BCUT2D eigenvalue weighted by molar-refractivity contribution is 5.34. The topological polar surface area (TPSA) is 12.0 Å². The van der Waals surface area contributed by atoms with Crippen LogP contribution in [0.25, 0.3) is 0 Å². The molecule has 0 fully saturated rings. The predicted molar refractivity (Wildman–Crippen MR) is 63.3 cm³/mol. The van der Waals surface area contributed by atoms with Crippen LogP contribution >= 0.6 is 0 Å². The molecule has 17 heavy (non-hydrogen) atoms. The molecule has 1 nitrogen and oxygen atoms in total. The van der Waals surface area contributed by atoms with Crippen LogP contribution in [0.5, 0.6) is 0 Å². The summed E-state index contributed by atoms with van der Waals surface area (Å²) in [5, 5.41) is 2.77. The van der Waals surface area contributed by atoms with Crippen molar-refractivity contribution in [1.82, 2.24) is 5.32 Å². The Hall–Kier alpha value is -1.03. The molecule has 1 rings (SSSR count). The zero-order valence-corrected chi connectivity index (χ0v) is 10.4. The van der Waals surface area contributed by atoms with Gasteiger partial charge in [-0.1, -0.05) is 23.8 Å². The fourth-order valence-corrected chi connectivity index (χ4v) is 1.92. The van der Waals surface area contributed by atoms with Crippen molar-refractivity contribution in [2.24, 2.45) is 0 Å². The van der Waals surface area contributed by atoms with Gasteiger partial charge in [0.2, 0.25) is 0 Å². The molecule has 0 saturated heterocycles. The summed E-state index contributed by atoms with van der Waals surface area (Å²) in [6, 6.07) is 5.23. The summed E-state index contributed by atoms with van der Waals surface area (Å²) in [4.78, 5) is 0. The molecule has 0 aliphatic carbocycles. The highest BCUT2D eigenvalue weighted by Crippen LogP contribution is 2.38. The molecule has 0 heterocycles. The van der Waals surface area contributed by atoms with Gasteiger partial charge in [-0.3, -0.25) is 0 Å². The van der Waals surface area contributed by atoms with Crippen molar-refractivity contribution in [3.05, 3.63) is 34.9 Å². The summed E-state index contributed by atoms with van der Waals surface area (Å²) >= 11 is 0. The maximum atomic E-state index is 13.0. The SMILES string of the molecule is CNCCC(c1cc(C)ccc1C)C(F)(F)F. The van der Waals surface area contributed by atoms with E-state index in [2.05, 4.69) is 5.32 Å². The van der Waals surface area contributed by atoms with E-state index in [0.717, 1.165) is 5.56 Å². The first-order valence-corrected chi connectivity index (χ1v) is 5.64. The van der Waals surface area contributed by atoms with Crippen LogP contribution in [0.3, 0.4) is 0 Å². The predicted octanol–water partition coefficient (Wildman–Crippen LogP) is 3.56. The van der Waals surface area contributed by atoms with Crippen LogP contribution in [-0.4, -0.2) is 19.8 Å². The second-order valence-corrected chi connectivity index (χ2v) is 4.35. The van der Waals surface area contributed by atoms with Crippen LogP contribution in [0.15, 0.2) is 18.2 Å². The molecule has 0 bridgehead atoms. The third-order valence-electron chi connectivity index (χ3n) is 2.89. The first-order chi connectivity index (χ1) is 7.86. The van der Waals surface area contributed by atoms with Gasteiger partial charge < -0.3 is 5.32 Å². The van der Waals surface area contributed by atoms with Crippen LogP contribution in [-0.2, 0) is 0 Å². The van der Waals surface area contributed by atoms with E-state index in [-0.39, 0.29) is 6.42 Å². The Morgan fingerprint density at radius 3 is 2.41 bits per heavy atom. The molecule has 1 aromatic carbocycles. The minimum atomic E-state index is -4.19. The molecule has 0 amide bonds. The van der Waals surface area contributed by atoms with Gasteiger partial charge in [-0.2, -0.15) is 13.2 Å². The van der Waals surface area contributed by atoms with E-state index in [1.807, 2.05) is 13.0 Å². The van der Waals surface area contributed by atoms with Crippen LogP contribution in [0.1, 0.15) is 29.0 Å². The number of aryl methyl sites for hydroxylation is 2. The van der Waals surface area contributed by atoms with E-state index in [1.54, 1.807) is 26.1 Å². The van der Waals surface area contributed by atoms with Gasteiger partial charge in [0.15, 0.2) is 0 Å². The summed E-state index contributed by atoms with van der Waals surface area (Å²) in [5.41, 5.74) is 1.96. The molecule has 0 saturated carbocycles. The van der Waals surface area contributed by atoms with Crippen molar-refractivity contribution in [3.8, 4) is 0 Å². The third-order valence-corrected chi connectivity index (χ3v) is 2.89. The number of benzene rings is 1. The molecule has 0 aliphatic heterocycles. The molecule has 0 spiro atoms. The molecule has 1 aromatic rings. The fraction of sp³-hybridized carbons (Fsp3) is 0.538. The molecule has 0 radical (unpaired) electrons. The maximum absolute atomic E-state index is 13.0. The van der Waals surface area contributed by atoms with Gasteiger partial charge in [-0.15, -0.1) is 0 Å². The van der Waals surface area contributed by atoms with Crippen LogP contribution in [0.4, 0.5) is 13.2 Å². The monoisotopic (exact) mass is 245 g/mol. The van der Waals surface area contributed by atoms with Gasteiger partial charge >= 0.3 is 6.18 Å². The van der Waals surface area contributed by atoms with Gasteiger partial charge in [0.1, 0.15) is 0 Å². The minimum Gasteiger partial charge on any atom is -0.320 e. The van der Waals surface area contributed by atoms with Gasteiger partial charge in [-0.05, 0) is 45.0 Å². The number of hydrogen-bond acceptors (Lipinski definition) is 1. The van der Waals surface area contributed by atoms with Crippen LogP contribution in [0, 0.1) is 13.8 Å². The van der Waals surface area contributed by atoms with Crippen molar-refractivity contribution in [3.63, 3.8) is 0 Å². The number of halogens is 3. The second kappa shape index (κ2) is 5.54. The van der Waals surface area contributed by atoms with Crippen molar-refractivity contribution in [2.45, 2.75) is 32.4 Å². The summed E-state index contributed by atoms with van der Waals surface area (Å²) in [6.45, 7) is 3.90. The van der Waals surface area contributed by atoms with Crippen molar-refractivity contribution in [1.29, 1.82) is 0 Å². The molecule has 0 aromatic heterocycles. The molecular weight excluding hydrogens is 227 g/mol. The average Bonchev–Trinajstić information content (AvgIpc) is 2.21. The molecule has 1 atom stereocenters. The van der Waals surface area contributed by atoms with Gasteiger partial charge in [0.05, 0.1) is 5.92 Å². The Kier molecular flexibility index (Phi) is 4.57. The Morgan fingerprint density at radius 1 is 1.24 bits per heavy atom. The lowest BCUT2D eigenvalue weighted by Crippen LogP contribution is -2.25. The average molecular weight is 245 g/mol. The first-order valence-electron chi connectivity index (χ1n) is 5.64. The van der Waals surface area contributed by atoms with Crippen molar-refractivity contribution in [2.75, 3.05) is 13.6 Å². The Balaban J connectivity index is 3.08. The molecular formula is C13H18F3N. The highest BCUT2D eigenvalue weighted by Gasteiger charge is 2.40. The Morgan fingerprint density at radius 2 is 1.88 bits per heavy atom. The van der Waals surface area contributed by atoms with Crippen molar-refractivity contribution >= 4 is 0 Å². The largest absolute Gasteiger partial charge is 0.395 e. The molecule has 1 unspecified atom stereocenters. The summed E-state index contributed by atoms with van der Waals surface area (Å²) in [5.74, 6) is -1.38. The first kappa shape index (κ1) is 14.0. The van der Waals surface area contributed by atoms with Crippen molar-refractivity contribution < 1.29 is 13.2 Å². The van der Waals surface area contributed by atoms with E-state index in [0.29, 0.717) is 17.7 Å². The zero-order valence-electron chi connectivity index (χ0n) is 10.4. The molecule has 1 N–H and O–H groups in total. The fourth-order valence-electron chi connectivity index (χ4n) is 1.92. The highest BCUT2D eigenvalue weighted by atomic mass is 19.4. The van der Waals surface area contributed by atoms with E-state index in [1.165, 1.54) is 0 Å². The Labute approximate surface area is 100 Å². The number of nitrogens with one attached hydrogen (secondary N) is 1. The zero-order chi connectivity index (χ0) is 13.1. The van der Waals surface area contributed by atoms with Gasteiger partial charge in [0, 0.05) is 0 Å². The van der Waals surface area contributed by atoms with E-state index >= 15 is 0 Å². The van der Waals surface area contributed by atoms with E-state index < -0.39 is 12.1 Å².